The van der Waals surface area contributed by atoms with Crippen LogP contribution >= 0.6 is 0 Å². The van der Waals surface area contributed by atoms with Gasteiger partial charge in [0.2, 0.25) is 0 Å². The van der Waals surface area contributed by atoms with Crippen LogP contribution in [-0.2, 0) is 9.31 Å². The zero-order valence-electron chi connectivity index (χ0n) is 14.5. The van der Waals surface area contributed by atoms with E-state index in [9.17, 15) is 4.79 Å². The highest BCUT2D eigenvalue weighted by atomic mass is 16.7. The van der Waals surface area contributed by atoms with Gasteiger partial charge in [-0.3, -0.25) is 0 Å². The Hall–Kier alpha value is -1.53. The van der Waals surface area contributed by atoms with E-state index in [4.69, 9.17) is 9.31 Å². The molecule has 3 rings (SSSR count). The number of anilines is 1. The van der Waals surface area contributed by atoms with Crippen molar-refractivity contribution in [3.05, 3.63) is 23.8 Å². The van der Waals surface area contributed by atoms with Gasteiger partial charge in [0, 0.05) is 11.7 Å². The fourth-order valence-corrected chi connectivity index (χ4v) is 2.52. The summed E-state index contributed by atoms with van der Waals surface area (Å²) in [5.74, 6) is 0. The Kier molecular flexibility index (Phi) is 3.93. The lowest BCUT2D eigenvalue weighted by molar-refractivity contribution is 0.00578. The van der Waals surface area contributed by atoms with Crippen LogP contribution in [0.15, 0.2) is 18.2 Å². The molecule has 0 bridgehead atoms. The van der Waals surface area contributed by atoms with E-state index in [1.165, 1.54) is 0 Å². The van der Waals surface area contributed by atoms with E-state index < -0.39 is 7.12 Å². The minimum atomic E-state index is -0.423. The fourth-order valence-electron chi connectivity index (χ4n) is 2.52. The van der Waals surface area contributed by atoms with E-state index in [1.807, 2.05) is 52.8 Å². The minimum absolute atomic E-state index is 0.156. The lowest BCUT2D eigenvalue weighted by Crippen LogP contribution is -2.41. The predicted octanol–water partition coefficient (Wildman–Crippen LogP) is 2.58. The molecule has 0 unspecified atom stereocenters. The highest BCUT2D eigenvalue weighted by Crippen LogP contribution is 2.36. The number of carbonyl (C=O) groups is 1. The first kappa shape index (κ1) is 16.3. The van der Waals surface area contributed by atoms with Crippen molar-refractivity contribution in [1.82, 2.24) is 5.32 Å². The Morgan fingerprint density at radius 2 is 1.78 bits per heavy atom. The monoisotopic (exact) mass is 316 g/mol. The number of rotatable bonds is 3. The summed E-state index contributed by atoms with van der Waals surface area (Å²) in [6.45, 7) is 10.2. The molecular formula is C17H25BN2O3. The summed E-state index contributed by atoms with van der Waals surface area (Å²) in [5, 5.41) is 5.80. The highest BCUT2D eigenvalue weighted by Gasteiger charge is 2.52. The van der Waals surface area contributed by atoms with E-state index in [1.54, 1.807) is 0 Å². The molecule has 1 saturated heterocycles. The molecule has 5 nitrogen and oxygen atoms in total. The molecular weight excluding hydrogens is 291 g/mol. The largest absolute Gasteiger partial charge is 0.495 e. The van der Waals surface area contributed by atoms with Crippen molar-refractivity contribution in [2.75, 3.05) is 5.32 Å². The van der Waals surface area contributed by atoms with Crippen molar-refractivity contribution in [3.8, 4) is 0 Å². The molecule has 124 valence electrons. The molecule has 1 aliphatic carbocycles. The third-order valence-corrected chi connectivity index (χ3v) is 4.96. The molecule has 0 radical (unpaired) electrons. The summed E-state index contributed by atoms with van der Waals surface area (Å²) < 4.78 is 12.2. The first-order chi connectivity index (χ1) is 10.7. The van der Waals surface area contributed by atoms with Gasteiger partial charge in [0.15, 0.2) is 0 Å². The average molecular weight is 316 g/mol. The van der Waals surface area contributed by atoms with Crippen LogP contribution in [0.25, 0.3) is 0 Å². The number of hydrogen-bond acceptors (Lipinski definition) is 3. The molecule has 1 aromatic rings. The quantitative estimate of drug-likeness (QED) is 0.843. The number of hydrogen-bond donors (Lipinski definition) is 2. The first-order valence-corrected chi connectivity index (χ1v) is 8.22. The standard InChI is InChI=1S/C17H25BN2O3/c1-11-6-7-13(20-15(21)19-12-8-9-12)10-14(11)18-22-16(2,3)17(4,5)23-18/h6-7,10,12H,8-9H2,1-5H3,(H2,19,20,21). The van der Waals surface area contributed by atoms with Crippen LogP contribution in [0.4, 0.5) is 10.5 Å². The Morgan fingerprint density at radius 1 is 1.17 bits per heavy atom. The molecule has 1 aliphatic heterocycles. The van der Waals surface area contributed by atoms with Crippen molar-refractivity contribution in [1.29, 1.82) is 0 Å². The molecule has 2 fully saturated rings. The van der Waals surface area contributed by atoms with Gasteiger partial charge in [0.1, 0.15) is 0 Å². The lowest BCUT2D eigenvalue weighted by Gasteiger charge is -2.32. The Morgan fingerprint density at radius 3 is 2.35 bits per heavy atom. The van der Waals surface area contributed by atoms with Crippen LogP contribution in [0.1, 0.15) is 46.1 Å². The number of urea groups is 1. The van der Waals surface area contributed by atoms with E-state index >= 15 is 0 Å². The zero-order chi connectivity index (χ0) is 16.8. The second-order valence-corrected chi connectivity index (χ2v) is 7.53. The molecule has 1 aromatic carbocycles. The summed E-state index contributed by atoms with van der Waals surface area (Å²) in [4.78, 5) is 11.9. The molecule has 0 atom stereocenters. The smallest absolute Gasteiger partial charge is 0.399 e. The summed E-state index contributed by atoms with van der Waals surface area (Å²) in [5.41, 5.74) is 2.02. The van der Waals surface area contributed by atoms with Crippen LogP contribution in [-0.4, -0.2) is 30.4 Å². The van der Waals surface area contributed by atoms with E-state index in [0.717, 1.165) is 29.6 Å². The number of benzene rings is 1. The van der Waals surface area contributed by atoms with Gasteiger partial charge in [-0.05, 0) is 65.1 Å². The van der Waals surface area contributed by atoms with Crippen LogP contribution in [0.2, 0.25) is 0 Å². The molecule has 2 amide bonds. The molecule has 2 N–H and O–H groups in total. The molecule has 1 heterocycles. The number of nitrogens with one attached hydrogen (secondary N) is 2. The van der Waals surface area contributed by atoms with Gasteiger partial charge in [0.25, 0.3) is 0 Å². The van der Waals surface area contributed by atoms with Gasteiger partial charge in [-0.25, -0.2) is 4.79 Å². The maximum atomic E-state index is 11.9. The molecule has 6 heteroatoms. The lowest BCUT2D eigenvalue weighted by atomic mass is 9.76. The molecule has 2 aliphatic rings. The van der Waals surface area contributed by atoms with Crippen molar-refractivity contribution >= 4 is 24.3 Å². The second-order valence-electron chi connectivity index (χ2n) is 7.53. The van der Waals surface area contributed by atoms with Gasteiger partial charge in [0.05, 0.1) is 11.2 Å². The normalized spacial score (nSPS) is 22.0. The summed E-state index contributed by atoms with van der Waals surface area (Å²) in [6, 6.07) is 5.99. The van der Waals surface area contributed by atoms with Gasteiger partial charge in [-0.2, -0.15) is 0 Å². The van der Waals surface area contributed by atoms with Gasteiger partial charge in [-0.15, -0.1) is 0 Å². The third-order valence-electron chi connectivity index (χ3n) is 4.96. The molecule has 0 aromatic heterocycles. The van der Waals surface area contributed by atoms with Crippen molar-refractivity contribution < 1.29 is 14.1 Å². The molecule has 1 saturated carbocycles. The maximum absolute atomic E-state index is 11.9. The van der Waals surface area contributed by atoms with Gasteiger partial charge < -0.3 is 19.9 Å². The minimum Gasteiger partial charge on any atom is -0.399 e. The molecule has 23 heavy (non-hydrogen) atoms. The predicted molar refractivity (Wildman–Crippen MR) is 92.1 cm³/mol. The van der Waals surface area contributed by atoms with Crippen LogP contribution in [0, 0.1) is 6.92 Å². The topological polar surface area (TPSA) is 59.6 Å². The van der Waals surface area contributed by atoms with Crippen LogP contribution < -0.4 is 16.1 Å². The number of aryl methyl sites for hydroxylation is 1. The Balaban J connectivity index is 1.77. The summed E-state index contributed by atoms with van der Waals surface area (Å²) >= 11 is 0. The van der Waals surface area contributed by atoms with Crippen molar-refractivity contribution in [3.63, 3.8) is 0 Å². The third kappa shape index (κ3) is 3.38. The van der Waals surface area contributed by atoms with E-state index in [2.05, 4.69) is 10.6 Å². The van der Waals surface area contributed by atoms with E-state index in [0.29, 0.717) is 6.04 Å². The van der Waals surface area contributed by atoms with Crippen molar-refractivity contribution in [2.24, 2.45) is 0 Å². The SMILES string of the molecule is Cc1ccc(NC(=O)NC2CC2)cc1B1OC(C)(C)C(C)(C)O1. The van der Waals surface area contributed by atoms with Gasteiger partial charge in [-0.1, -0.05) is 11.6 Å². The fraction of sp³-hybridized carbons (Fsp3) is 0.588. The first-order valence-electron chi connectivity index (χ1n) is 8.22. The van der Waals surface area contributed by atoms with Gasteiger partial charge >= 0.3 is 13.1 Å². The van der Waals surface area contributed by atoms with E-state index in [-0.39, 0.29) is 17.2 Å². The Labute approximate surface area is 138 Å². The van der Waals surface area contributed by atoms with Crippen molar-refractivity contribution in [2.45, 2.75) is 64.7 Å². The summed E-state index contributed by atoms with van der Waals surface area (Å²) in [7, 11) is -0.423. The highest BCUT2D eigenvalue weighted by molar-refractivity contribution is 6.62. The maximum Gasteiger partial charge on any atom is 0.495 e. The number of amides is 2. The zero-order valence-corrected chi connectivity index (χ0v) is 14.5. The average Bonchev–Trinajstić information content (AvgIpc) is 3.19. The van der Waals surface area contributed by atoms with Crippen LogP contribution in [0.5, 0.6) is 0 Å². The molecule has 0 spiro atoms. The van der Waals surface area contributed by atoms with Crippen LogP contribution in [0.3, 0.4) is 0 Å². The Bertz CT molecular complexity index is 610. The summed E-state index contributed by atoms with van der Waals surface area (Å²) in [6.07, 6.45) is 2.14. The number of carbonyl (C=O) groups excluding carboxylic acids is 1. The second kappa shape index (κ2) is 5.53.